The summed E-state index contributed by atoms with van der Waals surface area (Å²) < 4.78 is 11.7. The number of furan rings is 1. The van der Waals surface area contributed by atoms with Crippen molar-refractivity contribution >= 4 is 22.8 Å². The smallest absolute Gasteiger partial charge is 0.260 e. The molecule has 1 aromatic heterocycles. The third kappa shape index (κ3) is 5.05. The van der Waals surface area contributed by atoms with Gasteiger partial charge in [0.25, 0.3) is 5.91 Å². The highest BCUT2D eigenvalue weighted by Crippen LogP contribution is 2.29. The van der Waals surface area contributed by atoms with Gasteiger partial charge in [0.15, 0.2) is 6.61 Å². The average molecular weight is 449 g/mol. The van der Waals surface area contributed by atoms with Gasteiger partial charge in [0, 0.05) is 29.6 Å². The lowest BCUT2D eigenvalue weighted by atomic mass is 10.0. The number of nitrogens with zero attached hydrogens (tertiary/aromatic N) is 1. The lowest BCUT2D eigenvalue weighted by Crippen LogP contribution is -2.33. The molecule has 2 amide bonds. The lowest BCUT2D eigenvalue weighted by Gasteiger charge is -2.21. The van der Waals surface area contributed by atoms with Crippen molar-refractivity contribution in [2.75, 3.05) is 19.7 Å². The number of ether oxygens (including phenoxy) is 1. The van der Waals surface area contributed by atoms with E-state index in [4.69, 9.17) is 9.15 Å². The number of nitrogens with one attached hydrogen (secondary N) is 1. The molecule has 3 aromatic rings. The normalized spacial score (nSPS) is 14.5. The minimum absolute atomic E-state index is 0.0109. The minimum atomic E-state index is -0.210. The lowest BCUT2D eigenvalue weighted by molar-refractivity contribution is -0.132. The first-order chi connectivity index (χ1) is 16.0. The second-order valence-electron chi connectivity index (χ2n) is 8.76. The molecule has 174 valence electrons. The topological polar surface area (TPSA) is 71.8 Å². The summed E-state index contributed by atoms with van der Waals surface area (Å²) in [4.78, 5) is 27.2. The van der Waals surface area contributed by atoms with Crippen LogP contribution in [-0.2, 0) is 16.0 Å². The van der Waals surface area contributed by atoms with Gasteiger partial charge < -0.3 is 19.4 Å². The summed E-state index contributed by atoms with van der Waals surface area (Å²) in [7, 11) is 0. The SMILES string of the molecule is CCC(NC(=O)Cc1coc2c(C)c(C)ccc12)c1ccccc1OCC(=O)N1CCCC1. The van der Waals surface area contributed by atoms with Crippen LogP contribution in [0.15, 0.2) is 47.1 Å². The number of hydrogen-bond acceptors (Lipinski definition) is 4. The minimum Gasteiger partial charge on any atom is -0.483 e. The van der Waals surface area contributed by atoms with Crippen LogP contribution in [0.25, 0.3) is 11.0 Å². The zero-order chi connectivity index (χ0) is 23.4. The zero-order valence-corrected chi connectivity index (χ0v) is 19.6. The Kier molecular flexibility index (Phi) is 7.02. The highest BCUT2D eigenvalue weighted by Gasteiger charge is 2.21. The zero-order valence-electron chi connectivity index (χ0n) is 19.6. The largest absolute Gasteiger partial charge is 0.483 e. The molecule has 6 nitrogen and oxygen atoms in total. The second kappa shape index (κ2) is 10.1. The third-order valence-electron chi connectivity index (χ3n) is 6.54. The van der Waals surface area contributed by atoms with Crippen molar-refractivity contribution in [2.45, 2.75) is 52.5 Å². The van der Waals surface area contributed by atoms with Crippen LogP contribution < -0.4 is 10.1 Å². The van der Waals surface area contributed by atoms with Crippen molar-refractivity contribution in [3.63, 3.8) is 0 Å². The monoisotopic (exact) mass is 448 g/mol. The summed E-state index contributed by atoms with van der Waals surface area (Å²) in [6.45, 7) is 7.73. The van der Waals surface area contributed by atoms with Gasteiger partial charge in [0.1, 0.15) is 11.3 Å². The van der Waals surface area contributed by atoms with Crippen LogP contribution in [0.3, 0.4) is 0 Å². The predicted molar refractivity (Wildman–Crippen MR) is 128 cm³/mol. The summed E-state index contributed by atoms with van der Waals surface area (Å²) in [5.41, 5.74) is 4.86. The van der Waals surface area contributed by atoms with Gasteiger partial charge in [-0.3, -0.25) is 9.59 Å². The number of carbonyl (C=O) groups is 2. The molecule has 1 atom stereocenters. The van der Waals surface area contributed by atoms with Crippen LogP contribution in [0.2, 0.25) is 0 Å². The molecule has 6 heteroatoms. The molecule has 1 saturated heterocycles. The van der Waals surface area contributed by atoms with E-state index < -0.39 is 0 Å². The van der Waals surface area contributed by atoms with E-state index in [0.29, 0.717) is 12.2 Å². The Morgan fingerprint density at radius 3 is 2.64 bits per heavy atom. The van der Waals surface area contributed by atoms with Gasteiger partial charge in [-0.15, -0.1) is 0 Å². The molecular formula is C27H32N2O4. The quantitative estimate of drug-likeness (QED) is 0.534. The van der Waals surface area contributed by atoms with Crippen LogP contribution in [-0.4, -0.2) is 36.4 Å². The number of rotatable bonds is 8. The van der Waals surface area contributed by atoms with Crippen molar-refractivity contribution in [3.05, 3.63) is 64.9 Å². The van der Waals surface area contributed by atoms with E-state index in [2.05, 4.69) is 11.4 Å². The molecule has 2 heterocycles. The Morgan fingerprint density at radius 1 is 1.12 bits per heavy atom. The standard InChI is InChI=1S/C27H32N2O4/c1-4-23(22-9-5-6-10-24(22)32-17-26(31)29-13-7-8-14-29)28-25(30)15-20-16-33-27-19(3)18(2)11-12-21(20)27/h5-6,9-12,16,23H,4,7-8,13-15,17H2,1-3H3,(H,28,30). The second-order valence-corrected chi connectivity index (χ2v) is 8.76. The van der Waals surface area contributed by atoms with Crippen molar-refractivity contribution in [1.82, 2.24) is 10.2 Å². The van der Waals surface area contributed by atoms with Crippen LogP contribution in [0.5, 0.6) is 5.75 Å². The van der Waals surface area contributed by atoms with Gasteiger partial charge in [0.05, 0.1) is 18.7 Å². The summed E-state index contributed by atoms with van der Waals surface area (Å²) in [6, 6.07) is 11.5. The van der Waals surface area contributed by atoms with Crippen molar-refractivity contribution in [1.29, 1.82) is 0 Å². The number of para-hydroxylation sites is 1. The molecule has 4 rings (SSSR count). The fourth-order valence-electron chi connectivity index (χ4n) is 4.44. The first-order valence-electron chi connectivity index (χ1n) is 11.7. The molecule has 33 heavy (non-hydrogen) atoms. The van der Waals surface area contributed by atoms with Gasteiger partial charge in [-0.2, -0.15) is 0 Å². The van der Waals surface area contributed by atoms with Crippen LogP contribution in [0.1, 0.15) is 54.5 Å². The number of amides is 2. The highest BCUT2D eigenvalue weighted by molar-refractivity contribution is 5.89. The molecule has 1 aliphatic rings. The van der Waals surface area contributed by atoms with E-state index in [1.165, 1.54) is 5.56 Å². The van der Waals surface area contributed by atoms with Crippen LogP contribution in [0, 0.1) is 13.8 Å². The summed E-state index contributed by atoms with van der Waals surface area (Å²) >= 11 is 0. The van der Waals surface area contributed by atoms with E-state index in [1.54, 1.807) is 6.26 Å². The predicted octanol–water partition coefficient (Wildman–Crippen LogP) is 4.86. The Bertz CT molecular complexity index is 1140. The molecule has 0 radical (unpaired) electrons. The van der Waals surface area contributed by atoms with Gasteiger partial charge in [-0.25, -0.2) is 0 Å². The number of aryl methyl sites for hydroxylation is 2. The van der Waals surface area contributed by atoms with E-state index >= 15 is 0 Å². The molecule has 1 N–H and O–H groups in total. The number of hydrogen-bond donors (Lipinski definition) is 1. The first kappa shape index (κ1) is 22.9. The van der Waals surface area contributed by atoms with E-state index in [1.807, 2.05) is 56.0 Å². The van der Waals surface area contributed by atoms with Gasteiger partial charge in [0.2, 0.25) is 5.91 Å². The fraction of sp³-hybridized carbons (Fsp3) is 0.407. The molecule has 0 aliphatic carbocycles. The third-order valence-corrected chi connectivity index (χ3v) is 6.54. The van der Waals surface area contributed by atoms with Gasteiger partial charge in [-0.05, 0) is 50.3 Å². The number of likely N-dealkylation sites (tertiary alicyclic amines) is 1. The molecule has 1 aliphatic heterocycles. The van der Waals surface area contributed by atoms with Crippen LogP contribution >= 0.6 is 0 Å². The summed E-state index contributed by atoms with van der Waals surface area (Å²) in [5, 5.41) is 4.12. The molecule has 0 bridgehead atoms. The number of carbonyl (C=O) groups excluding carboxylic acids is 2. The Hall–Kier alpha value is -3.28. The maximum absolute atomic E-state index is 12.9. The van der Waals surface area contributed by atoms with E-state index in [-0.39, 0.29) is 30.9 Å². The van der Waals surface area contributed by atoms with Gasteiger partial charge >= 0.3 is 0 Å². The maximum Gasteiger partial charge on any atom is 0.260 e. The molecule has 2 aromatic carbocycles. The molecule has 1 unspecified atom stereocenters. The Labute approximate surface area is 194 Å². The molecule has 0 saturated carbocycles. The Morgan fingerprint density at radius 2 is 1.88 bits per heavy atom. The van der Waals surface area contributed by atoms with Crippen LogP contribution in [0.4, 0.5) is 0 Å². The van der Waals surface area contributed by atoms with E-state index in [0.717, 1.165) is 53.6 Å². The maximum atomic E-state index is 12.9. The summed E-state index contributed by atoms with van der Waals surface area (Å²) in [5.74, 6) is 0.569. The fourth-order valence-corrected chi connectivity index (χ4v) is 4.44. The first-order valence-corrected chi connectivity index (χ1v) is 11.7. The van der Waals surface area contributed by atoms with Crippen molar-refractivity contribution < 1.29 is 18.7 Å². The molecular weight excluding hydrogens is 416 g/mol. The van der Waals surface area contributed by atoms with Gasteiger partial charge in [-0.1, -0.05) is 37.3 Å². The highest BCUT2D eigenvalue weighted by atomic mass is 16.5. The summed E-state index contributed by atoms with van der Waals surface area (Å²) in [6.07, 6.45) is 4.73. The number of fused-ring (bicyclic) bond motifs is 1. The molecule has 0 spiro atoms. The number of benzene rings is 2. The Balaban J connectivity index is 1.44. The average Bonchev–Trinajstić information content (AvgIpc) is 3.49. The van der Waals surface area contributed by atoms with Crippen molar-refractivity contribution in [3.8, 4) is 5.75 Å². The van der Waals surface area contributed by atoms with E-state index in [9.17, 15) is 9.59 Å². The molecule has 1 fully saturated rings. The van der Waals surface area contributed by atoms with Crippen molar-refractivity contribution in [2.24, 2.45) is 0 Å².